The fourth-order valence-electron chi connectivity index (χ4n) is 3.38. The van der Waals surface area contributed by atoms with Crippen molar-refractivity contribution >= 4 is 27.8 Å². The molecule has 1 aromatic carbocycles. The maximum absolute atomic E-state index is 12.6. The Hall–Kier alpha value is -1.56. The number of carbonyl (C=O) groups is 2. The highest BCUT2D eigenvalue weighted by Crippen LogP contribution is 2.44. The predicted molar refractivity (Wildman–Crippen MR) is 88.3 cm³/mol. The number of nitrogens with zero attached hydrogens (tertiary/aromatic N) is 1. The molecule has 0 aromatic heterocycles. The van der Waals surface area contributed by atoms with Gasteiger partial charge in [-0.1, -0.05) is 15.9 Å². The molecule has 6 heteroatoms. The van der Waals surface area contributed by atoms with Crippen LogP contribution in [0, 0.1) is 17.8 Å². The molecule has 0 spiro atoms. The van der Waals surface area contributed by atoms with Crippen LogP contribution in [0.4, 0.5) is 0 Å². The minimum absolute atomic E-state index is 0.0200. The normalized spacial score (nSPS) is 23.8. The number of aliphatic carboxylic acids is 1. The molecule has 1 aliphatic heterocycles. The van der Waals surface area contributed by atoms with Gasteiger partial charge in [-0.15, -0.1) is 0 Å². The van der Waals surface area contributed by atoms with E-state index in [0.29, 0.717) is 24.8 Å². The van der Waals surface area contributed by atoms with Crippen LogP contribution in [0.3, 0.4) is 0 Å². The van der Waals surface area contributed by atoms with Gasteiger partial charge < -0.3 is 14.7 Å². The molecule has 5 nitrogen and oxygen atoms in total. The van der Waals surface area contributed by atoms with Crippen molar-refractivity contribution in [3.8, 4) is 5.75 Å². The number of hydrogen-bond acceptors (Lipinski definition) is 3. The first kappa shape index (κ1) is 16.3. The van der Waals surface area contributed by atoms with Gasteiger partial charge in [-0.3, -0.25) is 9.59 Å². The summed E-state index contributed by atoms with van der Waals surface area (Å²) >= 11 is 3.46. The third-order valence-electron chi connectivity index (χ3n) is 4.86. The first-order chi connectivity index (χ1) is 11.0. The van der Waals surface area contributed by atoms with Crippen LogP contribution in [0.15, 0.2) is 22.7 Å². The Morgan fingerprint density at radius 2 is 2.09 bits per heavy atom. The lowest BCUT2D eigenvalue weighted by Gasteiger charge is -2.17. The molecule has 1 aliphatic carbocycles. The number of carbonyl (C=O) groups excluding carboxylic acids is 1. The average molecular weight is 382 g/mol. The molecule has 2 aliphatic rings. The molecule has 0 bridgehead atoms. The van der Waals surface area contributed by atoms with Crippen molar-refractivity contribution in [1.82, 2.24) is 4.90 Å². The fraction of sp³-hybridized carbons (Fsp3) is 0.529. The van der Waals surface area contributed by atoms with Gasteiger partial charge in [0.05, 0.1) is 19.4 Å². The van der Waals surface area contributed by atoms with Crippen LogP contribution in [-0.2, 0) is 16.0 Å². The number of likely N-dealkylation sites (tertiary alicyclic amines) is 1. The van der Waals surface area contributed by atoms with E-state index in [9.17, 15) is 14.7 Å². The van der Waals surface area contributed by atoms with Gasteiger partial charge in [0, 0.05) is 17.6 Å². The second-order valence-corrected chi connectivity index (χ2v) is 7.23. The highest BCUT2D eigenvalue weighted by Gasteiger charge is 2.46. The van der Waals surface area contributed by atoms with Gasteiger partial charge >= 0.3 is 5.97 Å². The molecule has 1 N–H and O–H groups in total. The summed E-state index contributed by atoms with van der Waals surface area (Å²) < 4.78 is 6.06. The number of hydrogen-bond donors (Lipinski definition) is 1. The van der Waals surface area contributed by atoms with Crippen molar-refractivity contribution in [3.05, 3.63) is 28.2 Å². The molecule has 0 unspecified atom stereocenters. The molecule has 3 rings (SSSR count). The van der Waals surface area contributed by atoms with E-state index in [1.165, 1.54) is 0 Å². The van der Waals surface area contributed by atoms with Gasteiger partial charge in [0.15, 0.2) is 0 Å². The molecule has 1 amide bonds. The van der Waals surface area contributed by atoms with Crippen molar-refractivity contribution in [3.63, 3.8) is 0 Å². The summed E-state index contributed by atoms with van der Waals surface area (Å²) in [4.78, 5) is 25.8. The van der Waals surface area contributed by atoms with E-state index in [2.05, 4.69) is 15.9 Å². The van der Waals surface area contributed by atoms with Crippen LogP contribution >= 0.6 is 15.9 Å². The molecular weight excluding hydrogens is 362 g/mol. The largest absolute Gasteiger partial charge is 0.497 e. The predicted octanol–water partition coefficient (Wildman–Crippen LogP) is 2.57. The molecule has 2 fully saturated rings. The molecule has 0 radical (unpaired) electrons. The van der Waals surface area contributed by atoms with Crippen LogP contribution in [0.1, 0.15) is 18.4 Å². The second kappa shape index (κ2) is 6.51. The highest BCUT2D eigenvalue weighted by molar-refractivity contribution is 9.10. The Bertz CT molecular complexity index is 629. The zero-order valence-corrected chi connectivity index (χ0v) is 14.6. The zero-order valence-electron chi connectivity index (χ0n) is 13.0. The van der Waals surface area contributed by atoms with Gasteiger partial charge in [-0.2, -0.15) is 0 Å². The first-order valence-electron chi connectivity index (χ1n) is 7.82. The summed E-state index contributed by atoms with van der Waals surface area (Å²) in [6, 6.07) is 5.53. The summed E-state index contributed by atoms with van der Waals surface area (Å²) in [6.45, 7) is 0.902. The topological polar surface area (TPSA) is 66.8 Å². The van der Waals surface area contributed by atoms with E-state index in [1.54, 1.807) is 12.0 Å². The molecule has 1 saturated carbocycles. The number of amides is 1. The van der Waals surface area contributed by atoms with Crippen LogP contribution < -0.4 is 4.74 Å². The van der Waals surface area contributed by atoms with Gasteiger partial charge in [0.2, 0.25) is 5.91 Å². The van der Waals surface area contributed by atoms with E-state index in [4.69, 9.17) is 4.74 Å². The van der Waals surface area contributed by atoms with Gasteiger partial charge in [0.1, 0.15) is 5.75 Å². The van der Waals surface area contributed by atoms with E-state index in [1.807, 2.05) is 18.2 Å². The summed E-state index contributed by atoms with van der Waals surface area (Å²) in [7, 11) is 1.59. The van der Waals surface area contributed by atoms with Crippen molar-refractivity contribution in [2.24, 2.45) is 17.8 Å². The lowest BCUT2D eigenvalue weighted by molar-refractivity contribution is -0.142. The Labute approximate surface area is 143 Å². The van der Waals surface area contributed by atoms with E-state index in [0.717, 1.165) is 22.9 Å². The Kier molecular flexibility index (Phi) is 4.62. The number of carboxylic acids is 1. The summed E-state index contributed by atoms with van der Waals surface area (Å²) in [6.07, 6.45) is 2.44. The average Bonchev–Trinajstić information content (AvgIpc) is 3.27. The number of methoxy groups -OCH3 is 1. The molecule has 1 saturated heterocycles. The third-order valence-corrected chi connectivity index (χ3v) is 5.63. The summed E-state index contributed by atoms with van der Waals surface area (Å²) in [5.41, 5.74) is 0.857. The molecule has 124 valence electrons. The van der Waals surface area contributed by atoms with Gasteiger partial charge in [0.25, 0.3) is 0 Å². The van der Waals surface area contributed by atoms with Crippen molar-refractivity contribution in [2.75, 3.05) is 20.2 Å². The van der Waals surface area contributed by atoms with Crippen molar-refractivity contribution in [1.29, 1.82) is 0 Å². The molecule has 1 heterocycles. The van der Waals surface area contributed by atoms with E-state index in [-0.39, 0.29) is 18.2 Å². The third kappa shape index (κ3) is 3.52. The Balaban J connectivity index is 1.70. The number of rotatable bonds is 5. The minimum Gasteiger partial charge on any atom is -0.497 e. The van der Waals surface area contributed by atoms with Crippen molar-refractivity contribution in [2.45, 2.75) is 19.3 Å². The number of halogens is 1. The van der Waals surface area contributed by atoms with Crippen molar-refractivity contribution < 1.29 is 19.4 Å². The summed E-state index contributed by atoms with van der Waals surface area (Å²) in [5, 5.41) is 9.40. The maximum atomic E-state index is 12.6. The standard InChI is InChI=1S/C17H20BrNO4/c1-23-12-4-5-15(18)11(6-12)7-16(20)19-8-13(10-2-3-10)14(9-19)17(21)22/h4-6,10,13-14H,2-3,7-9H2,1H3,(H,21,22)/t13-,14+/m1/s1. The van der Waals surface area contributed by atoms with Crippen LogP contribution in [0.2, 0.25) is 0 Å². The first-order valence-corrected chi connectivity index (χ1v) is 8.62. The molecule has 2 atom stereocenters. The second-order valence-electron chi connectivity index (χ2n) is 6.38. The lowest BCUT2D eigenvalue weighted by atomic mass is 9.92. The van der Waals surface area contributed by atoms with Gasteiger partial charge in [-0.25, -0.2) is 0 Å². The minimum atomic E-state index is -0.778. The Morgan fingerprint density at radius 1 is 1.35 bits per heavy atom. The Morgan fingerprint density at radius 3 is 2.70 bits per heavy atom. The quantitative estimate of drug-likeness (QED) is 0.850. The molecule has 23 heavy (non-hydrogen) atoms. The zero-order chi connectivity index (χ0) is 16.6. The van der Waals surface area contributed by atoms with E-state index >= 15 is 0 Å². The van der Waals surface area contributed by atoms with Crippen LogP contribution in [-0.4, -0.2) is 42.1 Å². The number of ether oxygens (including phenoxy) is 1. The smallest absolute Gasteiger partial charge is 0.308 e. The lowest BCUT2D eigenvalue weighted by Crippen LogP contribution is -2.31. The van der Waals surface area contributed by atoms with Gasteiger partial charge in [-0.05, 0) is 48.4 Å². The number of benzene rings is 1. The maximum Gasteiger partial charge on any atom is 0.308 e. The van der Waals surface area contributed by atoms with Crippen LogP contribution in [0.5, 0.6) is 5.75 Å². The summed E-state index contributed by atoms with van der Waals surface area (Å²) in [5.74, 6) is 0.0904. The number of carboxylic acid groups (broad SMARTS) is 1. The molecular formula is C17H20BrNO4. The van der Waals surface area contributed by atoms with E-state index < -0.39 is 11.9 Å². The molecule has 1 aromatic rings. The monoisotopic (exact) mass is 381 g/mol. The fourth-order valence-corrected chi connectivity index (χ4v) is 3.77. The van der Waals surface area contributed by atoms with Crippen LogP contribution in [0.25, 0.3) is 0 Å². The highest BCUT2D eigenvalue weighted by atomic mass is 79.9. The SMILES string of the molecule is COc1ccc(Br)c(CC(=O)N2C[C@H](C(=O)O)[C@@H](C3CC3)C2)c1.